The molecule has 37 heavy (non-hydrogen) atoms. The zero-order chi connectivity index (χ0) is 25.8. The number of pyridine rings is 1. The molecular formula is C28H31FN6O2. The van der Waals surface area contributed by atoms with E-state index in [-0.39, 0.29) is 17.7 Å². The standard InChI is InChI=1S/C28H31FN6O2/c1-18(28(37)32-26-15-24(33-34-26)19-7-8-19)20-4-2-5-21(14-20)22-9-10-25(30-16-22)31-27(36)6-3-12-35-13-11-23(29)17-35/h2-6,9-10,14-16,18-19,23H,7-8,11-13,17H2,1H3,(H,30,31,36)(H2,32,33,34,37)/t18?,23-/m0/s1. The third-order valence-electron chi connectivity index (χ3n) is 6.84. The van der Waals surface area contributed by atoms with Gasteiger partial charge in [0.15, 0.2) is 5.82 Å². The van der Waals surface area contributed by atoms with E-state index in [0.29, 0.717) is 43.6 Å². The van der Waals surface area contributed by atoms with E-state index in [1.165, 1.54) is 18.9 Å². The molecule has 0 spiro atoms. The summed E-state index contributed by atoms with van der Waals surface area (Å²) in [6.45, 7) is 3.56. The molecule has 2 amide bonds. The molecule has 1 aliphatic carbocycles. The minimum Gasteiger partial charge on any atom is -0.309 e. The SMILES string of the molecule is CC(C(=O)Nc1cc(C2CC2)[nH]n1)c1cccc(-c2ccc(NC(=O)C=CCN3CC[C@H](F)C3)nc2)c1. The second-order valence-electron chi connectivity index (χ2n) is 9.79. The minimum absolute atomic E-state index is 0.121. The second-order valence-corrected chi connectivity index (χ2v) is 9.79. The first-order valence-electron chi connectivity index (χ1n) is 12.7. The summed E-state index contributed by atoms with van der Waals surface area (Å²) in [5.74, 6) is 0.774. The van der Waals surface area contributed by atoms with Gasteiger partial charge in [-0.25, -0.2) is 9.37 Å². The van der Waals surface area contributed by atoms with Crippen LogP contribution >= 0.6 is 0 Å². The van der Waals surface area contributed by atoms with Crippen molar-refractivity contribution in [2.75, 3.05) is 30.3 Å². The number of alkyl halides is 1. The van der Waals surface area contributed by atoms with Crippen LogP contribution in [0.25, 0.3) is 11.1 Å². The number of benzene rings is 1. The number of anilines is 2. The summed E-state index contributed by atoms with van der Waals surface area (Å²) in [6.07, 6.45) is 7.00. The molecule has 9 heteroatoms. The van der Waals surface area contributed by atoms with Crippen molar-refractivity contribution < 1.29 is 14.0 Å². The normalized spacial score (nSPS) is 18.7. The van der Waals surface area contributed by atoms with Gasteiger partial charge in [-0.1, -0.05) is 30.3 Å². The highest BCUT2D eigenvalue weighted by Crippen LogP contribution is 2.39. The summed E-state index contributed by atoms with van der Waals surface area (Å²) in [5.41, 5.74) is 3.76. The van der Waals surface area contributed by atoms with Crippen LogP contribution in [-0.2, 0) is 9.59 Å². The Balaban J connectivity index is 1.16. The van der Waals surface area contributed by atoms with Gasteiger partial charge in [0.2, 0.25) is 11.8 Å². The van der Waals surface area contributed by atoms with Crippen molar-refractivity contribution in [2.24, 2.45) is 0 Å². The van der Waals surface area contributed by atoms with Crippen LogP contribution in [0.3, 0.4) is 0 Å². The molecule has 0 radical (unpaired) electrons. The zero-order valence-electron chi connectivity index (χ0n) is 20.8. The number of aromatic nitrogens is 3. The molecular weight excluding hydrogens is 471 g/mol. The number of rotatable bonds is 9. The Labute approximate surface area is 215 Å². The fourth-order valence-corrected chi connectivity index (χ4v) is 4.44. The second kappa shape index (κ2) is 11.0. The highest BCUT2D eigenvalue weighted by molar-refractivity contribution is 5.98. The average Bonchev–Trinajstić information content (AvgIpc) is 3.51. The van der Waals surface area contributed by atoms with Crippen molar-refractivity contribution in [2.45, 2.75) is 44.2 Å². The number of nitrogens with one attached hydrogen (secondary N) is 3. The van der Waals surface area contributed by atoms with Crippen LogP contribution in [0.4, 0.5) is 16.0 Å². The molecule has 2 aromatic heterocycles. The first kappa shape index (κ1) is 24.8. The molecule has 3 N–H and O–H groups in total. The number of hydrogen-bond donors (Lipinski definition) is 3. The van der Waals surface area contributed by atoms with E-state index in [4.69, 9.17) is 0 Å². The third-order valence-corrected chi connectivity index (χ3v) is 6.84. The van der Waals surface area contributed by atoms with E-state index in [2.05, 4.69) is 25.8 Å². The van der Waals surface area contributed by atoms with Crippen molar-refractivity contribution in [3.63, 3.8) is 0 Å². The molecule has 1 aliphatic heterocycles. The molecule has 2 aliphatic rings. The number of likely N-dealkylation sites (tertiary alicyclic amines) is 1. The fourth-order valence-electron chi connectivity index (χ4n) is 4.44. The van der Waals surface area contributed by atoms with Crippen LogP contribution in [0.15, 0.2) is 60.8 Å². The smallest absolute Gasteiger partial charge is 0.249 e. The van der Waals surface area contributed by atoms with Gasteiger partial charge in [-0.15, -0.1) is 0 Å². The monoisotopic (exact) mass is 502 g/mol. The lowest BCUT2D eigenvalue weighted by molar-refractivity contribution is -0.117. The number of nitrogens with zero attached hydrogens (tertiary/aromatic N) is 3. The van der Waals surface area contributed by atoms with E-state index < -0.39 is 6.17 Å². The number of carbonyl (C=O) groups excluding carboxylic acids is 2. The summed E-state index contributed by atoms with van der Waals surface area (Å²) in [5, 5.41) is 12.9. The molecule has 1 saturated heterocycles. The number of aromatic amines is 1. The topological polar surface area (TPSA) is 103 Å². The molecule has 192 valence electrons. The van der Waals surface area contributed by atoms with Crippen molar-refractivity contribution >= 4 is 23.5 Å². The van der Waals surface area contributed by atoms with Gasteiger partial charge in [-0.05, 0) is 49.4 Å². The first-order valence-corrected chi connectivity index (χ1v) is 12.7. The predicted molar refractivity (Wildman–Crippen MR) is 141 cm³/mol. The largest absolute Gasteiger partial charge is 0.309 e. The highest BCUT2D eigenvalue weighted by Gasteiger charge is 2.26. The van der Waals surface area contributed by atoms with Crippen molar-refractivity contribution in [1.82, 2.24) is 20.1 Å². The van der Waals surface area contributed by atoms with Crippen LogP contribution in [0.5, 0.6) is 0 Å². The van der Waals surface area contributed by atoms with Crippen LogP contribution in [0.1, 0.15) is 49.3 Å². The lowest BCUT2D eigenvalue weighted by atomic mass is 9.96. The molecule has 3 aromatic rings. The Morgan fingerprint density at radius 3 is 2.73 bits per heavy atom. The predicted octanol–water partition coefficient (Wildman–Crippen LogP) is 4.63. The summed E-state index contributed by atoms with van der Waals surface area (Å²) >= 11 is 0. The number of carbonyl (C=O) groups is 2. The minimum atomic E-state index is -0.770. The quantitative estimate of drug-likeness (QED) is 0.370. The fraction of sp³-hybridized carbons (Fsp3) is 0.357. The molecule has 0 bridgehead atoms. The molecule has 1 saturated carbocycles. The van der Waals surface area contributed by atoms with Gasteiger partial charge in [0.25, 0.3) is 0 Å². The maximum Gasteiger partial charge on any atom is 0.249 e. The van der Waals surface area contributed by atoms with Crippen molar-refractivity contribution in [3.8, 4) is 11.1 Å². The molecule has 1 unspecified atom stereocenters. The third kappa shape index (κ3) is 6.48. The Bertz CT molecular complexity index is 1280. The zero-order valence-corrected chi connectivity index (χ0v) is 20.8. The van der Waals surface area contributed by atoms with Gasteiger partial charge in [0.05, 0.1) is 5.92 Å². The Morgan fingerprint density at radius 1 is 1.14 bits per heavy atom. The maximum absolute atomic E-state index is 13.2. The number of halogens is 1. The molecule has 2 fully saturated rings. The summed E-state index contributed by atoms with van der Waals surface area (Å²) in [4.78, 5) is 31.3. The molecule has 5 rings (SSSR count). The van der Waals surface area contributed by atoms with E-state index in [9.17, 15) is 14.0 Å². The van der Waals surface area contributed by atoms with Gasteiger partial charge in [-0.2, -0.15) is 5.10 Å². The van der Waals surface area contributed by atoms with Crippen LogP contribution < -0.4 is 10.6 Å². The van der Waals surface area contributed by atoms with E-state index in [1.807, 2.05) is 48.2 Å². The summed E-state index contributed by atoms with van der Waals surface area (Å²) in [6, 6.07) is 13.3. The molecule has 1 aromatic carbocycles. The van der Waals surface area contributed by atoms with E-state index >= 15 is 0 Å². The van der Waals surface area contributed by atoms with Crippen LogP contribution in [-0.4, -0.2) is 57.7 Å². The van der Waals surface area contributed by atoms with Gasteiger partial charge < -0.3 is 10.6 Å². The Morgan fingerprint density at radius 2 is 2.00 bits per heavy atom. The van der Waals surface area contributed by atoms with Crippen molar-refractivity contribution in [3.05, 3.63) is 72.1 Å². The maximum atomic E-state index is 13.2. The van der Waals surface area contributed by atoms with Gasteiger partial charge >= 0.3 is 0 Å². The Hall–Kier alpha value is -3.85. The van der Waals surface area contributed by atoms with Gasteiger partial charge in [0.1, 0.15) is 12.0 Å². The number of hydrogen-bond acceptors (Lipinski definition) is 5. The van der Waals surface area contributed by atoms with E-state index in [1.54, 1.807) is 18.3 Å². The molecule has 8 nitrogen and oxygen atoms in total. The van der Waals surface area contributed by atoms with Crippen LogP contribution in [0.2, 0.25) is 0 Å². The van der Waals surface area contributed by atoms with Gasteiger partial charge in [0, 0.05) is 55.1 Å². The lowest BCUT2D eigenvalue weighted by Gasteiger charge is -2.13. The molecule has 2 atom stereocenters. The highest BCUT2D eigenvalue weighted by atomic mass is 19.1. The summed E-state index contributed by atoms with van der Waals surface area (Å²) < 4.78 is 13.2. The number of amides is 2. The first-order chi connectivity index (χ1) is 17.9. The lowest BCUT2D eigenvalue weighted by Crippen LogP contribution is -2.21. The van der Waals surface area contributed by atoms with E-state index in [0.717, 1.165) is 22.4 Å². The van der Waals surface area contributed by atoms with Crippen LogP contribution in [0, 0.1) is 0 Å². The summed E-state index contributed by atoms with van der Waals surface area (Å²) in [7, 11) is 0. The average molecular weight is 503 g/mol. The van der Waals surface area contributed by atoms with Gasteiger partial charge in [-0.3, -0.25) is 19.6 Å². The van der Waals surface area contributed by atoms with Crippen molar-refractivity contribution in [1.29, 1.82) is 0 Å². The Kier molecular flexibility index (Phi) is 7.41. The molecule has 3 heterocycles. The number of H-pyrrole nitrogens is 1.